The Morgan fingerprint density at radius 1 is 0.902 bits per heavy atom. The smallest absolute Gasteiger partial charge is 0.244 e. The number of anilines is 1. The summed E-state index contributed by atoms with van der Waals surface area (Å²) in [6.45, 7) is 6.78. The van der Waals surface area contributed by atoms with Crippen LogP contribution in [0.3, 0.4) is 0 Å². The van der Waals surface area contributed by atoms with Gasteiger partial charge in [0, 0.05) is 24.6 Å². The van der Waals surface area contributed by atoms with Crippen molar-refractivity contribution in [3.8, 4) is 0 Å². The largest absolute Gasteiger partial charge is 0.352 e. The van der Waals surface area contributed by atoms with Crippen molar-refractivity contribution < 1.29 is 22.8 Å². The molecule has 0 spiro atoms. The van der Waals surface area contributed by atoms with Crippen molar-refractivity contribution in [1.29, 1.82) is 0 Å². The highest BCUT2D eigenvalue weighted by molar-refractivity contribution is 7.92. The van der Waals surface area contributed by atoms with Crippen LogP contribution >= 0.6 is 0 Å². The molecule has 0 aliphatic heterocycles. The van der Waals surface area contributed by atoms with Gasteiger partial charge < -0.3 is 10.2 Å². The molecule has 0 radical (unpaired) electrons. The Kier molecular flexibility index (Phi) is 10.8. The van der Waals surface area contributed by atoms with Crippen LogP contribution in [0.2, 0.25) is 0 Å². The molecule has 1 N–H and O–H groups in total. The first kappa shape index (κ1) is 31.5. The minimum absolute atomic E-state index is 0.108. The summed E-state index contributed by atoms with van der Waals surface area (Å²) in [6, 6.07) is 22.2. The van der Waals surface area contributed by atoms with E-state index in [1.54, 1.807) is 18.2 Å². The maximum absolute atomic E-state index is 14.1. The van der Waals surface area contributed by atoms with Gasteiger partial charge in [0.1, 0.15) is 12.6 Å². The summed E-state index contributed by atoms with van der Waals surface area (Å²) in [5.74, 6) is -1.07. The van der Waals surface area contributed by atoms with Gasteiger partial charge in [0.2, 0.25) is 21.8 Å². The molecule has 0 saturated carbocycles. The van der Waals surface area contributed by atoms with Gasteiger partial charge in [-0.1, -0.05) is 79.2 Å². The van der Waals surface area contributed by atoms with Crippen LogP contribution in [0.1, 0.15) is 54.2 Å². The molecular formula is C32H39N3O5S. The number of carbonyl (C=O) groups excluding carboxylic acids is 3. The van der Waals surface area contributed by atoms with Crippen molar-refractivity contribution in [1.82, 2.24) is 10.2 Å². The molecule has 0 fully saturated rings. The lowest BCUT2D eigenvalue weighted by Crippen LogP contribution is -2.54. The van der Waals surface area contributed by atoms with Crippen LogP contribution in [0.15, 0.2) is 78.9 Å². The maximum atomic E-state index is 14.1. The summed E-state index contributed by atoms with van der Waals surface area (Å²) in [4.78, 5) is 41.3. The lowest BCUT2D eigenvalue weighted by molar-refractivity contribution is -0.140. The zero-order valence-corrected chi connectivity index (χ0v) is 25.1. The molecular weight excluding hydrogens is 538 g/mol. The molecule has 218 valence electrons. The molecule has 2 atom stereocenters. The summed E-state index contributed by atoms with van der Waals surface area (Å²) in [5.41, 5.74) is 3.21. The molecule has 41 heavy (non-hydrogen) atoms. The van der Waals surface area contributed by atoms with Crippen LogP contribution in [0.5, 0.6) is 0 Å². The minimum Gasteiger partial charge on any atom is -0.352 e. The van der Waals surface area contributed by atoms with Crippen molar-refractivity contribution in [3.63, 3.8) is 0 Å². The van der Waals surface area contributed by atoms with E-state index in [-0.39, 0.29) is 36.4 Å². The Morgan fingerprint density at radius 2 is 1.56 bits per heavy atom. The number of nitrogens with one attached hydrogen (secondary N) is 1. The lowest BCUT2D eigenvalue weighted by Gasteiger charge is -2.34. The van der Waals surface area contributed by atoms with Gasteiger partial charge in [-0.3, -0.25) is 18.7 Å². The molecule has 9 heteroatoms. The van der Waals surface area contributed by atoms with Crippen LogP contribution in [-0.4, -0.2) is 55.8 Å². The number of rotatable bonds is 13. The van der Waals surface area contributed by atoms with E-state index < -0.39 is 28.5 Å². The fourth-order valence-electron chi connectivity index (χ4n) is 4.50. The van der Waals surface area contributed by atoms with Crippen LogP contribution < -0.4 is 9.62 Å². The number of carbonyl (C=O) groups is 3. The molecule has 2 amide bonds. The molecule has 3 aromatic carbocycles. The minimum atomic E-state index is -3.92. The SMILES string of the molecule is CC[C@@H](C)NC(=O)[C@@H](Cc1ccccc1)N(Cc1cccc(C)c1)C(=O)CN(c1cccc(C(C)=O)c1)S(C)(=O)=O. The Hall–Kier alpha value is -3.98. The predicted octanol–water partition coefficient (Wildman–Crippen LogP) is 4.52. The van der Waals surface area contributed by atoms with Gasteiger partial charge in [0.25, 0.3) is 0 Å². The predicted molar refractivity (Wildman–Crippen MR) is 162 cm³/mol. The Labute approximate surface area is 243 Å². The normalized spacial score (nSPS) is 12.7. The first-order chi connectivity index (χ1) is 19.4. The lowest BCUT2D eigenvalue weighted by atomic mass is 10.0. The molecule has 3 rings (SSSR count). The van der Waals surface area contributed by atoms with Crippen LogP contribution in [0.25, 0.3) is 0 Å². The molecule has 8 nitrogen and oxygen atoms in total. The molecule has 0 unspecified atom stereocenters. The van der Waals surface area contributed by atoms with E-state index in [1.807, 2.05) is 75.4 Å². The number of hydrogen-bond donors (Lipinski definition) is 1. The van der Waals surface area contributed by atoms with Gasteiger partial charge in [0.15, 0.2) is 5.78 Å². The van der Waals surface area contributed by atoms with Gasteiger partial charge in [0.05, 0.1) is 11.9 Å². The van der Waals surface area contributed by atoms with Gasteiger partial charge in [-0.2, -0.15) is 0 Å². The van der Waals surface area contributed by atoms with E-state index in [4.69, 9.17) is 0 Å². The van der Waals surface area contributed by atoms with Crippen LogP contribution in [-0.2, 0) is 32.6 Å². The molecule has 0 saturated heterocycles. The number of Topliss-reactive ketones (excluding diaryl/α,β-unsaturated/α-hetero) is 1. The van der Waals surface area contributed by atoms with Crippen molar-refractivity contribution in [3.05, 3.63) is 101 Å². The zero-order chi connectivity index (χ0) is 30.2. The van der Waals surface area contributed by atoms with Gasteiger partial charge in [-0.25, -0.2) is 8.42 Å². The zero-order valence-electron chi connectivity index (χ0n) is 24.3. The molecule has 0 bridgehead atoms. The standard InChI is InChI=1S/C32H39N3O5S/c1-6-24(3)33-32(38)30(19-26-13-8-7-9-14-26)34(21-27-15-10-12-23(2)18-27)31(37)22-35(41(5,39)40)29-17-11-16-28(20-29)25(4)36/h7-18,20,24,30H,6,19,21-22H2,1-5H3,(H,33,38)/t24-,30-/m1/s1. The van der Waals surface area contributed by atoms with E-state index >= 15 is 0 Å². The summed E-state index contributed by atoms with van der Waals surface area (Å²) in [5, 5.41) is 3.02. The Bertz CT molecular complexity index is 1470. The first-order valence-electron chi connectivity index (χ1n) is 13.7. The number of ketones is 1. The third-order valence-corrected chi connectivity index (χ3v) is 8.07. The van der Waals surface area contributed by atoms with Crippen molar-refractivity contribution in [2.24, 2.45) is 0 Å². The summed E-state index contributed by atoms with van der Waals surface area (Å²) in [7, 11) is -3.92. The van der Waals surface area contributed by atoms with Crippen molar-refractivity contribution in [2.75, 3.05) is 17.1 Å². The van der Waals surface area contributed by atoms with Crippen molar-refractivity contribution >= 4 is 33.3 Å². The van der Waals surface area contributed by atoms with E-state index in [0.717, 1.165) is 27.3 Å². The maximum Gasteiger partial charge on any atom is 0.244 e. The van der Waals surface area contributed by atoms with Gasteiger partial charge >= 0.3 is 0 Å². The Morgan fingerprint density at radius 3 is 2.17 bits per heavy atom. The van der Waals surface area contributed by atoms with Crippen molar-refractivity contribution in [2.45, 2.75) is 59.2 Å². The number of benzene rings is 3. The summed E-state index contributed by atoms with van der Waals surface area (Å²) >= 11 is 0. The first-order valence-corrected chi connectivity index (χ1v) is 15.5. The molecule has 3 aromatic rings. The number of amides is 2. The van der Waals surface area contributed by atoms with Crippen LogP contribution in [0, 0.1) is 6.92 Å². The summed E-state index contributed by atoms with van der Waals surface area (Å²) < 4.78 is 26.9. The highest BCUT2D eigenvalue weighted by atomic mass is 32.2. The second-order valence-electron chi connectivity index (χ2n) is 10.4. The number of sulfonamides is 1. The molecule has 0 aliphatic carbocycles. The average Bonchev–Trinajstić information content (AvgIpc) is 2.93. The topological polar surface area (TPSA) is 104 Å². The quantitative estimate of drug-likeness (QED) is 0.301. The van der Waals surface area contributed by atoms with E-state index in [2.05, 4.69) is 5.32 Å². The molecule has 0 aliphatic rings. The van der Waals surface area contributed by atoms with E-state index in [1.165, 1.54) is 17.9 Å². The van der Waals surface area contributed by atoms with Crippen LogP contribution in [0.4, 0.5) is 5.69 Å². The monoisotopic (exact) mass is 577 g/mol. The number of nitrogens with zero attached hydrogens (tertiary/aromatic N) is 2. The van der Waals surface area contributed by atoms with Gasteiger partial charge in [-0.05, 0) is 50.5 Å². The summed E-state index contributed by atoms with van der Waals surface area (Å²) in [6.07, 6.45) is 1.98. The number of hydrogen-bond acceptors (Lipinski definition) is 5. The molecule has 0 heterocycles. The molecule has 0 aromatic heterocycles. The second-order valence-corrected chi connectivity index (χ2v) is 12.3. The highest BCUT2D eigenvalue weighted by Crippen LogP contribution is 2.22. The fourth-order valence-corrected chi connectivity index (χ4v) is 5.34. The fraction of sp³-hybridized carbons (Fsp3) is 0.344. The van der Waals surface area contributed by atoms with E-state index in [0.29, 0.717) is 12.0 Å². The third kappa shape index (κ3) is 9.01. The number of aryl methyl sites for hydroxylation is 1. The third-order valence-electron chi connectivity index (χ3n) is 6.93. The Balaban J connectivity index is 2.08. The second kappa shape index (κ2) is 14.1. The van der Waals surface area contributed by atoms with Gasteiger partial charge in [-0.15, -0.1) is 0 Å². The average molecular weight is 578 g/mol. The van der Waals surface area contributed by atoms with E-state index in [9.17, 15) is 22.8 Å². The highest BCUT2D eigenvalue weighted by Gasteiger charge is 2.33.